The van der Waals surface area contributed by atoms with Crippen LogP contribution in [0.2, 0.25) is 0 Å². The molecule has 0 bridgehead atoms. The monoisotopic (exact) mass is 366 g/mol. The van der Waals surface area contributed by atoms with Gasteiger partial charge >= 0.3 is 12.4 Å². The summed E-state index contributed by atoms with van der Waals surface area (Å²) >= 11 is 0. The zero-order chi connectivity index (χ0) is 18.1. The van der Waals surface area contributed by atoms with Crippen LogP contribution in [0, 0.1) is 0 Å². The van der Waals surface area contributed by atoms with Crippen molar-refractivity contribution in [1.82, 2.24) is 0 Å². The molecule has 0 saturated heterocycles. The first-order valence-electron chi connectivity index (χ1n) is 5.99. The molecule has 0 spiro atoms. The fourth-order valence-corrected chi connectivity index (χ4v) is 2.75. The molecule has 0 radical (unpaired) electrons. The quantitative estimate of drug-likeness (QED) is 0.592. The lowest BCUT2D eigenvalue weighted by atomic mass is 10.1. The zero-order valence-electron chi connectivity index (χ0n) is 11.8. The van der Waals surface area contributed by atoms with Crippen LogP contribution in [0.1, 0.15) is 18.1 Å². The van der Waals surface area contributed by atoms with Crippen LogP contribution in [0.25, 0.3) is 0 Å². The van der Waals surface area contributed by atoms with Crippen LogP contribution >= 0.6 is 0 Å². The van der Waals surface area contributed by atoms with Crippen molar-refractivity contribution in [1.29, 1.82) is 0 Å². The van der Waals surface area contributed by atoms with Gasteiger partial charge in [-0.1, -0.05) is 0 Å². The van der Waals surface area contributed by atoms with Crippen molar-refractivity contribution >= 4 is 10.1 Å². The maximum absolute atomic E-state index is 12.7. The first-order chi connectivity index (χ1) is 10.3. The predicted octanol–water partition coefficient (Wildman–Crippen LogP) is 3.46. The van der Waals surface area contributed by atoms with Gasteiger partial charge in [-0.2, -0.15) is 34.8 Å². The lowest BCUT2D eigenvalue weighted by Gasteiger charge is -2.16. The first kappa shape index (κ1) is 19.7. The minimum Gasteiger partial charge on any atom is -0.382 e. The summed E-state index contributed by atoms with van der Waals surface area (Å²) in [5, 5.41) is 0. The molecule has 0 heterocycles. The maximum Gasteiger partial charge on any atom is 0.416 e. The second-order valence-corrected chi connectivity index (χ2v) is 6.13. The van der Waals surface area contributed by atoms with E-state index >= 15 is 0 Å². The van der Waals surface area contributed by atoms with Gasteiger partial charge in [-0.05, 0) is 25.1 Å². The van der Waals surface area contributed by atoms with E-state index in [2.05, 4.69) is 8.92 Å². The highest BCUT2D eigenvalue weighted by atomic mass is 32.2. The van der Waals surface area contributed by atoms with Gasteiger partial charge in [-0.15, -0.1) is 0 Å². The molecule has 1 rings (SSSR count). The molecule has 0 amide bonds. The molecule has 0 N–H and O–H groups in total. The fourth-order valence-electron chi connectivity index (χ4n) is 1.61. The van der Waals surface area contributed by atoms with Crippen LogP contribution in [0.3, 0.4) is 0 Å². The summed E-state index contributed by atoms with van der Waals surface area (Å²) in [6, 6.07) is 0.00575. The van der Waals surface area contributed by atoms with Crippen LogP contribution in [-0.2, 0) is 31.4 Å². The SMILES string of the molecule is COCC(C)OS(=O)(=O)c1cc(C(F)(F)F)cc(C(F)(F)F)c1. The van der Waals surface area contributed by atoms with Gasteiger partial charge in [0.1, 0.15) is 0 Å². The van der Waals surface area contributed by atoms with E-state index in [0.717, 1.165) is 0 Å². The van der Waals surface area contributed by atoms with Crippen molar-refractivity contribution < 1.29 is 43.7 Å². The third kappa shape index (κ3) is 5.36. The second kappa shape index (κ2) is 6.65. The van der Waals surface area contributed by atoms with Gasteiger partial charge in [0.2, 0.25) is 0 Å². The van der Waals surface area contributed by atoms with E-state index in [0.29, 0.717) is 0 Å². The van der Waals surface area contributed by atoms with Crippen molar-refractivity contribution in [2.75, 3.05) is 13.7 Å². The normalized spacial score (nSPS) is 14.8. The highest BCUT2D eigenvalue weighted by molar-refractivity contribution is 7.86. The average molecular weight is 366 g/mol. The molecule has 0 fully saturated rings. The Balaban J connectivity index is 3.40. The Kier molecular flexibility index (Phi) is 5.70. The van der Waals surface area contributed by atoms with Gasteiger partial charge in [0, 0.05) is 7.11 Å². The lowest BCUT2D eigenvalue weighted by Crippen LogP contribution is -2.21. The molecular weight excluding hydrogens is 354 g/mol. The number of halogens is 6. The van der Waals surface area contributed by atoms with Gasteiger partial charge in [-0.3, -0.25) is 4.18 Å². The first-order valence-corrected chi connectivity index (χ1v) is 7.40. The molecular formula is C12H12F6O4S. The van der Waals surface area contributed by atoms with Gasteiger partial charge < -0.3 is 4.74 Å². The molecule has 1 aromatic rings. The summed E-state index contributed by atoms with van der Waals surface area (Å²) in [6.45, 7) is 1.02. The van der Waals surface area contributed by atoms with E-state index in [1.54, 1.807) is 0 Å². The molecule has 0 aliphatic heterocycles. The Morgan fingerprint density at radius 2 is 1.43 bits per heavy atom. The van der Waals surface area contributed by atoms with E-state index in [1.807, 2.05) is 0 Å². The Morgan fingerprint density at radius 3 is 1.78 bits per heavy atom. The van der Waals surface area contributed by atoms with Crippen molar-refractivity contribution in [2.24, 2.45) is 0 Å². The molecule has 0 aliphatic rings. The molecule has 1 atom stereocenters. The third-order valence-corrected chi connectivity index (χ3v) is 3.94. The highest BCUT2D eigenvalue weighted by Gasteiger charge is 2.38. The summed E-state index contributed by atoms with van der Waals surface area (Å²) in [7, 11) is -3.61. The number of benzene rings is 1. The average Bonchev–Trinajstić information content (AvgIpc) is 2.35. The Morgan fingerprint density at radius 1 is 1.00 bits per heavy atom. The van der Waals surface area contributed by atoms with Crippen LogP contribution in [0.5, 0.6) is 0 Å². The molecule has 4 nitrogen and oxygen atoms in total. The van der Waals surface area contributed by atoms with Crippen LogP contribution in [0.4, 0.5) is 26.3 Å². The molecule has 11 heteroatoms. The lowest BCUT2D eigenvalue weighted by molar-refractivity contribution is -0.143. The number of ether oxygens (including phenoxy) is 1. The molecule has 0 aromatic heterocycles. The number of alkyl halides is 6. The Bertz CT molecular complexity index is 618. The number of rotatable bonds is 5. The van der Waals surface area contributed by atoms with Crippen molar-refractivity contribution in [3.63, 3.8) is 0 Å². The van der Waals surface area contributed by atoms with Gasteiger partial charge in [-0.25, -0.2) is 0 Å². The van der Waals surface area contributed by atoms with E-state index in [9.17, 15) is 34.8 Å². The van der Waals surface area contributed by atoms with E-state index < -0.39 is 44.6 Å². The summed E-state index contributed by atoms with van der Waals surface area (Å²) in [5.41, 5.74) is -3.48. The van der Waals surface area contributed by atoms with E-state index in [-0.39, 0.29) is 24.8 Å². The third-order valence-electron chi connectivity index (χ3n) is 2.54. The predicted molar refractivity (Wildman–Crippen MR) is 66.1 cm³/mol. The van der Waals surface area contributed by atoms with Crippen molar-refractivity contribution in [2.45, 2.75) is 30.3 Å². The standard InChI is InChI=1S/C12H12F6O4S/c1-7(6-21-2)22-23(19,20)10-4-8(11(13,14)15)3-9(5-10)12(16,17)18/h3-5,7H,6H2,1-2H3. The van der Waals surface area contributed by atoms with Crippen LogP contribution < -0.4 is 0 Å². The molecule has 0 saturated carbocycles. The fraction of sp³-hybridized carbons (Fsp3) is 0.500. The topological polar surface area (TPSA) is 52.6 Å². The minimum absolute atomic E-state index is 0.0874. The van der Waals surface area contributed by atoms with E-state index in [4.69, 9.17) is 0 Å². The Labute approximate surface area is 128 Å². The number of methoxy groups -OCH3 is 1. The molecule has 23 heavy (non-hydrogen) atoms. The van der Waals surface area contributed by atoms with Gasteiger partial charge in [0.25, 0.3) is 10.1 Å². The van der Waals surface area contributed by atoms with E-state index in [1.165, 1.54) is 14.0 Å². The summed E-state index contributed by atoms with van der Waals surface area (Å²) < 4.78 is 109. The molecule has 132 valence electrons. The van der Waals surface area contributed by atoms with Crippen molar-refractivity contribution in [3.8, 4) is 0 Å². The van der Waals surface area contributed by atoms with Crippen LogP contribution in [-0.4, -0.2) is 28.2 Å². The summed E-state index contributed by atoms with van der Waals surface area (Å²) in [5.74, 6) is 0. The summed E-state index contributed by atoms with van der Waals surface area (Å²) in [6.07, 6.45) is -11.4. The Hall–Kier alpha value is -1.33. The second-order valence-electron chi connectivity index (χ2n) is 4.56. The maximum atomic E-state index is 12.7. The summed E-state index contributed by atoms with van der Waals surface area (Å²) in [4.78, 5) is -1.23. The largest absolute Gasteiger partial charge is 0.416 e. The zero-order valence-corrected chi connectivity index (χ0v) is 12.6. The van der Waals surface area contributed by atoms with Gasteiger partial charge in [0.15, 0.2) is 0 Å². The molecule has 0 aliphatic carbocycles. The molecule has 1 aromatic carbocycles. The van der Waals surface area contributed by atoms with Crippen LogP contribution in [0.15, 0.2) is 23.1 Å². The number of hydrogen-bond donors (Lipinski definition) is 0. The minimum atomic E-state index is -5.15. The van der Waals surface area contributed by atoms with Gasteiger partial charge in [0.05, 0.1) is 28.7 Å². The smallest absolute Gasteiger partial charge is 0.382 e. The molecule has 1 unspecified atom stereocenters. The highest BCUT2D eigenvalue weighted by Crippen LogP contribution is 2.37. The van der Waals surface area contributed by atoms with Crippen molar-refractivity contribution in [3.05, 3.63) is 29.3 Å². The number of hydrogen-bond acceptors (Lipinski definition) is 4.